The van der Waals surface area contributed by atoms with Gasteiger partial charge in [0.15, 0.2) is 5.82 Å². The molecular formula is C23H27ClFN5O3. The molecule has 10 heteroatoms. The topological polar surface area (TPSA) is 105 Å². The molecule has 0 saturated carbocycles. The maximum atomic E-state index is 15.3. The molecule has 4 heterocycles. The Morgan fingerprint density at radius 2 is 2.09 bits per heavy atom. The first-order valence-electron chi connectivity index (χ1n) is 11.2. The molecule has 3 aromatic rings. The van der Waals surface area contributed by atoms with Gasteiger partial charge in [-0.05, 0) is 51.7 Å². The number of halogens is 2. The SMILES string of the molecule is CC1CCc2c(-c3nc(NC4CCOCC4O)ncc3Cl)cc(F)c3nc(C(C)(C)O)n1c23. The van der Waals surface area contributed by atoms with Crippen molar-refractivity contribution in [1.29, 1.82) is 0 Å². The zero-order valence-corrected chi connectivity index (χ0v) is 19.5. The number of benzene rings is 1. The van der Waals surface area contributed by atoms with Gasteiger partial charge in [0, 0.05) is 18.2 Å². The Kier molecular flexibility index (Phi) is 5.55. The number of rotatable bonds is 4. The highest BCUT2D eigenvalue weighted by molar-refractivity contribution is 6.33. The van der Waals surface area contributed by atoms with E-state index in [1.165, 1.54) is 12.3 Å². The van der Waals surface area contributed by atoms with Crippen molar-refractivity contribution in [2.24, 2.45) is 0 Å². The van der Waals surface area contributed by atoms with Crippen LogP contribution in [0.5, 0.6) is 0 Å². The Hall–Kier alpha value is -2.33. The predicted molar refractivity (Wildman–Crippen MR) is 123 cm³/mol. The molecular weight excluding hydrogens is 449 g/mol. The van der Waals surface area contributed by atoms with Crippen LogP contribution in [0.15, 0.2) is 12.3 Å². The van der Waals surface area contributed by atoms with E-state index in [1.807, 2.05) is 11.5 Å². The fraction of sp³-hybridized carbons (Fsp3) is 0.522. The second-order valence-corrected chi connectivity index (χ2v) is 9.81. The van der Waals surface area contributed by atoms with Gasteiger partial charge in [-0.3, -0.25) is 0 Å². The van der Waals surface area contributed by atoms with E-state index in [4.69, 9.17) is 16.3 Å². The number of nitrogens with zero attached hydrogens (tertiary/aromatic N) is 4. The van der Waals surface area contributed by atoms with E-state index in [0.717, 1.165) is 12.0 Å². The van der Waals surface area contributed by atoms with E-state index in [0.29, 0.717) is 53.0 Å². The number of hydrogen-bond donors (Lipinski definition) is 3. The summed E-state index contributed by atoms with van der Waals surface area (Å²) in [5, 5.41) is 24.3. The van der Waals surface area contributed by atoms with Crippen LogP contribution in [0.1, 0.15) is 51.0 Å². The predicted octanol–water partition coefficient (Wildman–Crippen LogP) is 3.58. The van der Waals surface area contributed by atoms with E-state index in [2.05, 4.69) is 20.3 Å². The van der Waals surface area contributed by atoms with Crippen molar-refractivity contribution in [3.8, 4) is 11.3 Å². The maximum absolute atomic E-state index is 15.3. The third-order valence-electron chi connectivity index (χ3n) is 6.46. The number of aryl methyl sites for hydroxylation is 1. The van der Waals surface area contributed by atoms with Crippen LogP contribution >= 0.6 is 11.6 Å². The third-order valence-corrected chi connectivity index (χ3v) is 6.74. The number of nitrogens with one attached hydrogen (secondary N) is 1. The van der Waals surface area contributed by atoms with Gasteiger partial charge in [-0.25, -0.2) is 19.3 Å². The van der Waals surface area contributed by atoms with Crippen LogP contribution in [0.4, 0.5) is 10.3 Å². The summed E-state index contributed by atoms with van der Waals surface area (Å²) in [5.74, 6) is 0.251. The third kappa shape index (κ3) is 3.86. The second kappa shape index (κ2) is 8.16. The number of anilines is 1. The first-order valence-corrected chi connectivity index (χ1v) is 11.5. The lowest BCUT2D eigenvalue weighted by Gasteiger charge is -2.29. The van der Waals surface area contributed by atoms with Gasteiger partial charge in [-0.15, -0.1) is 0 Å². The van der Waals surface area contributed by atoms with E-state index < -0.39 is 17.5 Å². The van der Waals surface area contributed by atoms with Crippen LogP contribution in [0.3, 0.4) is 0 Å². The lowest BCUT2D eigenvalue weighted by atomic mass is 9.93. The number of aliphatic hydroxyl groups is 2. The minimum absolute atomic E-state index is 0.0617. The molecule has 3 atom stereocenters. The summed E-state index contributed by atoms with van der Waals surface area (Å²) in [6.07, 6.45) is 2.93. The van der Waals surface area contributed by atoms with Crippen LogP contribution in [0.2, 0.25) is 5.02 Å². The Bertz CT molecular complexity index is 1230. The molecule has 0 bridgehead atoms. The first-order chi connectivity index (χ1) is 15.6. The van der Waals surface area contributed by atoms with Crippen LogP contribution in [0.25, 0.3) is 22.3 Å². The highest BCUT2D eigenvalue weighted by Gasteiger charge is 2.33. The Morgan fingerprint density at radius 1 is 1.30 bits per heavy atom. The molecule has 2 aromatic heterocycles. The summed E-state index contributed by atoms with van der Waals surface area (Å²) in [5.41, 5.74) is 1.58. The lowest BCUT2D eigenvalue weighted by molar-refractivity contribution is -0.0136. The van der Waals surface area contributed by atoms with Crippen molar-refractivity contribution in [2.75, 3.05) is 18.5 Å². The average Bonchev–Trinajstić information content (AvgIpc) is 3.18. The summed E-state index contributed by atoms with van der Waals surface area (Å²) >= 11 is 6.49. The van der Waals surface area contributed by atoms with Gasteiger partial charge in [0.1, 0.15) is 16.9 Å². The molecule has 3 unspecified atom stereocenters. The van der Waals surface area contributed by atoms with Crippen LogP contribution in [0, 0.1) is 5.82 Å². The molecule has 0 spiro atoms. The average molecular weight is 476 g/mol. The van der Waals surface area contributed by atoms with Gasteiger partial charge >= 0.3 is 0 Å². The quantitative estimate of drug-likeness (QED) is 0.529. The number of hydrogen-bond acceptors (Lipinski definition) is 7. The molecule has 1 saturated heterocycles. The minimum atomic E-state index is -1.22. The number of ether oxygens (including phenoxy) is 1. The van der Waals surface area contributed by atoms with Crippen molar-refractivity contribution < 1.29 is 19.3 Å². The molecule has 0 aliphatic carbocycles. The number of imidazole rings is 1. The van der Waals surface area contributed by atoms with Gasteiger partial charge in [0.2, 0.25) is 5.95 Å². The van der Waals surface area contributed by atoms with Crippen LogP contribution in [-0.2, 0) is 16.8 Å². The normalized spacial score (nSPS) is 23.2. The Morgan fingerprint density at radius 3 is 2.82 bits per heavy atom. The molecule has 1 aromatic carbocycles. The molecule has 0 amide bonds. The highest BCUT2D eigenvalue weighted by Crippen LogP contribution is 2.42. The fourth-order valence-corrected chi connectivity index (χ4v) is 4.98. The van der Waals surface area contributed by atoms with E-state index >= 15 is 4.39 Å². The van der Waals surface area contributed by atoms with Gasteiger partial charge < -0.3 is 24.8 Å². The van der Waals surface area contributed by atoms with Crippen molar-refractivity contribution in [3.05, 3.63) is 34.5 Å². The molecule has 2 aliphatic rings. The monoisotopic (exact) mass is 475 g/mol. The van der Waals surface area contributed by atoms with Crippen molar-refractivity contribution >= 4 is 28.6 Å². The van der Waals surface area contributed by atoms with Gasteiger partial charge in [0.05, 0.1) is 41.2 Å². The van der Waals surface area contributed by atoms with Crippen LogP contribution in [-0.4, -0.2) is 55.1 Å². The Labute approximate surface area is 195 Å². The molecule has 5 rings (SSSR count). The summed E-state index contributed by atoms with van der Waals surface area (Å²) in [6.45, 7) is 6.13. The zero-order chi connectivity index (χ0) is 23.5. The van der Waals surface area contributed by atoms with E-state index in [1.54, 1.807) is 13.8 Å². The molecule has 0 radical (unpaired) electrons. The lowest BCUT2D eigenvalue weighted by Crippen LogP contribution is -2.42. The standard InChI is InChI=1S/C23H27ClFN5O3/c1-11-4-5-12-13(8-15(25)19-20(12)30(11)21(28-19)23(2,3)32)18-14(24)9-26-22(29-18)27-16-6-7-33-10-17(16)31/h8-9,11,16-17,31-32H,4-7,10H2,1-3H3,(H,26,27,29). The molecule has 33 heavy (non-hydrogen) atoms. The summed E-state index contributed by atoms with van der Waals surface area (Å²) in [7, 11) is 0. The minimum Gasteiger partial charge on any atom is -0.389 e. The zero-order valence-electron chi connectivity index (χ0n) is 18.8. The summed E-state index contributed by atoms with van der Waals surface area (Å²) < 4.78 is 22.5. The maximum Gasteiger partial charge on any atom is 0.223 e. The fourth-order valence-electron chi connectivity index (χ4n) is 4.79. The smallest absolute Gasteiger partial charge is 0.223 e. The molecule has 1 fully saturated rings. The highest BCUT2D eigenvalue weighted by atomic mass is 35.5. The molecule has 8 nitrogen and oxygen atoms in total. The molecule has 3 N–H and O–H groups in total. The molecule has 2 aliphatic heterocycles. The van der Waals surface area contributed by atoms with Crippen molar-refractivity contribution in [1.82, 2.24) is 19.5 Å². The number of aromatic nitrogens is 4. The molecule has 176 valence electrons. The Balaban J connectivity index is 1.65. The van der Waals surface area contributed by atoms with Gasteiger partial charge in [0.25, 0.3) is 0 Å². The van der Waals surface area contributed by atoms with Crippen molar-refractivity contribution in [3.63, 3.8) is 0 Å². The van der Waals surface area contributed by atoms with Crippen LogP contribution < -0.4 is 5.32 Å². The summed E-state index contributed by atoms with van der Waals surface area (Å²) in [6, 6.07) is 1.23. The first kappa shape index (κ1) is 22.5. The van der Waals surface area contributed by atoms with Gasteiger partial charge in [-0.2, -0.15) is 0 Å². The van der Waals surface area contributed by atoms with E-state index in [-0.39, 0.29) is 24.2 Å². The largest absolute Gasteiger partial charge is 0.389 e. The summed E-state index contributed by atoms with van der Waals surface area (Å²) in [4.78, 5) is 13.4. The van der Waals surface area contributed by atoms with Crippen molar-refractivity contribution in [2.45, 2.75) is 63.8 Å². The van der Waals surface area contributed by atoms with E-state index in [9.17, 15) is 10.2 Å². The second-order valence-electron chi connectivity index (χ2n) is 9.41. The number of aliphatic hydroxyl groups excluding tert-OH is 1. The van der Waals surface area contributed by atoms with Gasteiger partial charge in [-0.1, -0.05) is 11.6 Å².